The van der Waals surface area contributed by atoms with Crippen molar-refractivity contribution >= 4 is 34.8 Å². The normalized spacial score (nSPS) is 10.0. The van der Waals surface area contributed by atoms with Gasteiger partial charge in [-0.15, -0.1) is 0 Å². The zero-order chi connectivity index (χ0) is 4.99. The minimum absolute atomic E-state index is 0.0394. The van der Waals surface area contributed by atoms with Gasteiger partial charge in [0.1, 0.15) is 6.07 Å². The van der Waals surface area contributed by atoms with Gasteiger partial charge in [-0.1, -0.05) is 34.8 Å². The van der Waals surface area contributed by atoms with Crippen LogP contribution in [0.1, 0.15) is 0 Å². The zero-order valence-corrected chi connectivity index (χ0v) is 5.09. The molecule has 0 aliphatic rings. The van der Waals surface area contributed by atoms with Gasteiger partial charge in [-0.25, -0.2) is 0 Å². The Hall–Kier alpha value is 0.830. The zero-order valence-electron chi connectivity index (χ0n) is 2.83. The minimum Gasteiger partial charge on any atom is -0.333 e. The van der Waals surface area contributed by atoms with Gasteiger partial charge >= 0.3 is 0 Å². The second-order valence-corrected chi connectivity index (χ2v) is 1.77. The molecule has 0 heterocycles. The standard InChI is InChI=1S/C2H3Cl3O/c3-1-6-2(4)5/h2H,1H2. The number of halogens is 3. The Morgan fingerprint density at radius 3 is 2.00 bits per heavy atom. The molecule has 0 saturated carbocycles. The van der Waals surface area contributed by atoms with Crippen LogP contribution < -0.4 is 0 Å². The summed E-state index contributed by atoms with van der Waals surface area (Å²) in [5.74, 6) is 0. The fraction of sp³-hybridized carbons (Fsp3) is 1.00. The van der Waals surface area contributed by atoms with Gasteiger partial charge in [-0.3, -0.25) is 0 Å². The molecule has 0 radical (unpaired) electrons. The highest BCUT2D eigenvalue weighted by Gasteiger charge is 1.91. The Morgan fingerprint density at radius 2 is 2.00 bits per heavy atom. The van der Waals surface area contributed by atoms with Crippen LogP contribution >= 0.6 is 34.8 Å². The topological polar surface area (TPSA) is 9.23 Å². The van der Waals surface area contributed by atoms with Crippen molar-refractivity contribution < 1.29 is 4.74 Å². The first-order valence-corrected chi connectivity index (χ1v) is 2.64. The van der Waals surface area contributed by atoms with Crippen LogP contribution in [0.4, 0.5) is 0 Å². The SMILES string of the molecule is ClCOC(Cl)Cl. The molecule has 0 aliphatic carbocycles. The summed E-state index contributed by atoms with van der Waals surface area (Å²) in [5, 5.41) is -0.789. The van der Waals surface area contributed by atoms with Crippen LogP contribution in [0.2, 0.25) is 0 Å². The van der Waals surface area contributed by atoms with Crippen molar-refractivity contribution in [2.45, 2.75) is 5.02 Å². The van der Waals surface area contributed by atoms with Gasteiger partial charge in [0.15, 0.2) is 0 Å². The average Bonchev–Trinajstić information content (AvgIpc) is 1.35. The van der Waals surface area contributed by atoms with E-state index in [2.05, 4.69) is 4.74 Å². The first-order chi connectivity index (χ1) is 2.77. The van der Waals surface area contributed by atoms with Gasteiger partial charge in [0, 0.05) is 0 Å². The Balaban J connectivity index is 2.63. The van der Waals surface area contributed by atoms with Crippen LogP contribution in [-0.2, 0) is 4.74 Å². The van der Waals surface area contributed by atoms with Gasteiger partial charge in [-0.2, -0.15) is 0 Å². The van der Waals surface area contributed by atoms with Crippen LogP contribution in [0.3, 0.4) is 0 Å². The first kappa shape index (κ1) is 6.83. The third-order valence-electron chi connectivity index (χ3n) is 0.189. The quantitative estimate of drug-likeness (QED) is 0.546. The van der Waals surface area contributed by atoms with E-state index in [0.29, 0.717) is 0 Å². The Morgan fingerprint density at radius 1 is 1.50 bits per heavy atom. The van der Waals surface area contributed by atoms with Gasteiger partial charge < -0.3 is 4.74 Å². The molecule has 0 aliphatic heterocycles. The molecule has 0 saturated heterocycles. The summed E-state index contributed by atoms with van der Waals surface area (Å²) in [6.07, 6.45) is 0. The fourth-order valence-electron chi connectivity index (χ4n) is 0.0476. The smallest absolute Gasteiger partial charge is 0.207 e. The number of alkyl halides is 3. The van der Waals surface area contributed by atoms with Crippen LogP contribution in [-0.4, -0.2) is 11.1 Å². The lowest BCUT2D eigenvalue weighted by molar-refractivity contribution is 0.204. The van der Waals surface area contributed by atoms with Gasteiger partial charge in [0.25, 0.3) is 0 Å². The van der Waals surface area contributed by atoms with E-state index < -0.39 is 5.02 Å². The molecule has 0 atom stereocenters. The van der Waals surface area contributed by atoms with E-state index in [-0.39, 0.29) is 6.07 Å². The predicted octanol–water partition coefficient (Wildman–Crippen LogP) is 1.96. The van der Waals surface area contributed by atoms with E-state index >= 15 is 0 Å². The molecule has 0 unspecified atom stereocenters. The van der Waals surface area contributed by atoms with Crippen molar-refractivity contribution in [3.63, 3.8) is 0 Å². The van der Waals surface area contributed by atoms with Crippen LogP contribution in [0.15, 0.2) is 0 Å². The van der Waals surface area contributed by atoms with Gasteiger partial charge in [-0.05, 0) is 0 Å². The molecular formula is C2H3Cl3O. The molecule has 0 aromatic heterocycles. The van der Waals surface area contributed by atoms with Crippen molar-refractivity contribution in [2.75, 3.05) is 6.07 Å². The van der Waals surface area contributed by atoms with Gasteiger partial charge in [0.05, 0.1) is 0 Å². The van der Waals surface area contributed by atoms with E-state index in [0.717, 1.165) is 0 Å². The summed E-state index contributed by atoms with van der Waals surface area (Å²) in [6, 6.07) is 0.0394. The van der Waals surface area contributed by atoms with Crippen LogP contribution in [0.5, 0.6) is 0 Å². The van der Waals surface area contributed by atoms with Crippen molar-refractivity contribution in [2.24, 2.45) is 0 Å². The minimum atomic E-state index is -0.789. The van der Waals surface area contributed by atoms with Crippen LogP contribution in [0, 0.1) is 0 Å². The lowest BCUT2D eigenvalue weighted by Crippen LogP contribution is -1.90. The first-order valence-electron chi connectivity index (χ1n) is 1.23. The largest absolute Gasteiger partial charge is 0.333 e. The van der Waals surface area contributed by atoms with Crippen molar-refractivity contribution in [1.29, 1.82) is 0 Å². The maximum Gasteiger partial charge on any atom is 0.207 e. The highest BCUT2D eigenvalue weighted by atomic mass is 35.5. The number of hydrogen-bond acceptors (Lipinski definition) is 1. The number of rotatable bonds is 2. The van der Waals surface area contributed by atoms with Crippen molar-refractivity contribution in [1.82, 2.24) is 0 Å². The van der Waals surface area contributed by atoms with E-state index in [4.69, 9.17) is 34.8 Å². The number of ether oxygens (including phenoxy) is 1. The summed E-state index contributed by atoms with van der Waals surface area (Å²) >= 11 is 15.1. The predicted molar refractivity (Wildman–Crippen MR) is 27.3 cm³/mol. The highest BCUT2D eigenvalue weighted by Crippen LogP contribution is 2.02. The average molecular weight is 149 g/mol. The van der Waals surface area contributed by atoms with E-state index in [1.807, 2.05) is 0 Å². The summed E-state index contributed by atoms with van der Waals surface area (Å²) < 4.78 is 4.34. The summed E-state index contributed by atoms with van der Waals surface area (Å²) in [6.45, 7) is 0. The highest BCUT2D eigenvalue weighted by molar-refractivity contribution is 6.43. The molecular weight excluding hydrogens is 146 g/mol. The summed E-state index contributed by atoms with van der Waals surface area (Å²) in [7, 11) is 0. The second kappa shape index (κ2) is 4.00. The Bertz CT molecular complexity index is 30.0. The third kappa shape index (κ3) is 4.83. The van der Waals surface area contributed by atoms with E-state index in [9.17, 15) is 0 Å². The lowest BCUT2D eigenvalue weighted by atomic mass is 11.5. The van der Waals surface area contributed by atoms with Crippen molar-refractivity contribution in [3.8, 4) is 0 Å². The molecule has 0 aromatic carbocycles. The Labute approximate surface area is 51.1 Å². The molecule has 38 valence electrons. The monoisotopic (exact) mass is 148 g/mol. The lowest BCUT2D eigenvalue weighted by Gasteiger charge is -1.93. The van der Waals surface area contributed by atoms with E-state index in [1.165, 1.54) is 0 Å². The second-order valence-electron chi connectivity index (χ2n) is 0.536. The summed E-state index contributed by atoms with van der Waals surface area (Å²) in [4.78, 5) is 0. The van der Waals surface area contributed by atoms with Crippen LogP contribution in [0.25, 0.3) is 0 Å². The molecule has 4 heteroatoms. The van der Waals surface area contributed by atoms with E-state index in [1.54, 1.807) is 0 Å². The maximum absolute atomic E-state index is 5.04. The maximum atomic E-state index is 5.04. The molecule has 0 amide bonds. The molecule has 1 nitrogen and oxygen atoms in total. The van der Waals surface area contributed by atoms with Gasteiger partial charge in [0.2, 0.25) is 5.02 Å². The molecule has 0 aromatic rings. The summed E-state index contributed by atoms with van der Waals surface area (Å²) in [5.41, 5.74) is 0. The molecule has 6 heavy (non-hydrogen) atoms. The Kier molecular flexibility index (Phi) is 4.56. The van der Waals surface area contributed by atoms with Crippen molar-refractivity contribution in [3.05, 3.63) is 0 Å². The molecule has 0 fully saturated rings. The molecule has 0 rings (SSSR count). The molecule has 0 spiro atoms. The molecule has 0 bridgehead atoms. The molecule has 0 N–H and O–H groups in total. The third-order valence-corrected chi connectivity index (χ3v) is 0.567. The fourth-order valence-corrected chi connectivity index (χ4v) is 0.429. The number of hydrogen-bond donors (Lipinski definition) is 0.